The van der Waals surface area contributed by atoms with Gasteiger partial charge in [0.15, 0.2) is 5.96 Å². The maximum Gasteiger partial charge on any atom is 0.194 e. The number of aromatic hydroxyl groups is 1. The van der Waals surface area contributed by atoms with Crippen LogP contribution in [0, 0.1) is 0 Å². The number of phenolic OH excluding ortho intramolecular Hbond substituents is 1. The lowest BCUT2D eigenvalue weighted by atomic mass is 10.2. The lowest BCUT2D eigenvalue weighted by Gasteiger charge is -2.38. The molecule has 2 aromatic rings. The van der Waals surface area contributed by atoms with Crippen molar-refractivity contribution >= 4 is 23.2 Å². The number of halogens is 1. The first-order chi connectivity index (χ1) is 13.1. The molecule has 0 atom stereocenters. The number of phenols is 1. The Kier molecular flexibility index (Phi) is 6.29. The molecule has 0 saturated carbocycles. The number of nitrogens with zero attached hydrogens (tertiary/aromatic N) is 3. The molecule has 0 amide bonds. The fourth-order valence-electron chi connectivity index (χ4n) is 3.20. The van der Waals surface area contributed by atoms with E-state index in [1.807, 2.05) is 24.3 Å². The van der Waals surface area contributed by atoms with Gasteiger partial charge in [0, 0.05) is 45.3 Å². The molecule has 2 aromatic carbocycles. The van der Waals surface area contributed by atoms with Crippen molar-refractivity contribution in [2.24, 2.45) is 4.99 Å². The number of piperazine rings is 1. The van der Waals surface area contributed by atoms with Gasteiger partial charge in [-0.2, -0.15) is 0 Å². The first-order valence-electron chi connectivity index (χ1n) is 8.93. The minimum Gasteiger partial charge on any atom is -0.508 e. The summed E-state index contributed by atoms with van der Waals surface area (Å²) < 4.78 is 5.23. The number of aliphatic imine (C=N–C) groups is 1. The minimum absolute atomic E-state index is 0.238. The minimum atomic E-state index is 0.238. The van der Waals surface area contributed by atoms with Crippen LogP contribution in [0.25, 0.3) is 0 Å². The van der Waals surface area contributed by atoms with Crippen LogP contribution in [0.2, 0.25) is 5.02 Å². The highest BCUT2D eigenvalue weighted by molar-refractivity contribution is 6.33. The Morgan fingerprint density at radius 1 is 1.19 bits per heavy atom. The molecule has 27 heavy (non-hydrogen) atoms. The van der Waals surface area contributed by atoms with E-state index in [1.165, 1.54) is 0 Å². The van der Waals surface area contributed by atoms with Gasteiger partial charge in [0.2, 0.25) is 0 Å². The van der Waals surface area contributed by atoms with Crippen LogP contribution in [0.3, 0.4) is 0 Å². The summed E-state index contributed by atoms with van der Waals surface area (Å²) in [4.78, 5) is 8.89. The second kappa shape index (κ2) is 8.86. The standard InChI is InChI=1S/C20H25ClN4O2/c1-22-20(23-14-15-13-16(27-2)7-8-19(15)26)25-11-9-24(10-12-25)18-6-4-3-5-17(18)21/h3-8,13,26H,9-12,14H2,1-2H3,(H,22,23). The fraction of sp³-hybridized carbons (Fsp3) is 0.350. The molecular weight excluding hydrogens is 364 g/mol. The molecule has 1 aliphatic heterocycles. The summed E-state index contributed by atoms with van der Waals surface area (Å²) in [5, 5.41) is 14.2. The number of para-hydroxylation sites is 1. The molecule has 0 aliphatic carbocycles. The molecular formula is C20H25ClN4O2. The Hall–Kier alpha value is -2.60. The molecule has 2 N–H and O–H groups in total. The van der Waals surface area contributed by atoms with Crippen LogP contribution in [0.4, 0.5) is 5.69 Å². The van der Waals surface area contributed by atoms with E-state index in [1.54, 1.807) is 26.3 Å². The second-order valence-corrected chi connectivity index (χ2v) is 6.73. The van der Waals surface area contributed by atoms with E-state index in [2.05, 4.69) is 26.2 Å². The summed E-state index contributed by atoms with van der Waals surface area (Å²) in [5.74, 6) is 1.77. The zero-order valence-corrected chi connectivity index (χ0v) is 16.4. The van der Waals surface area contributed by atoms with Crippen molar-refractivity contribution in [2.45, 2.75) is 6.54 Å². The molecule has 7 heteroatoms. The maximum absolute atomic E-state index is 10.0. The van der Waals surface area contributed by atoms with Gasteiger partial charge in [-0.25, -0.2) is 0 Å². The van der Waals surface area contributed by atoms with Gasteiger partial charge in [-0.05, 0) is 30.3 Å². The van der Waals surface area contributed by atoms with Gasteiger partial charge in [0.25, 0.3) is 0 Å². The summed E-state index contributed by atoms with van der Waals surface area (Å²) in [6, 6.07) is 13.1. The average molecular weight is 389 g/mol. The summed E-state index contributed by atoms with van der Waals surface area (Å²) in [6.07, 6.45) is 0. The molecule has 6 nitrogen and oxygen atoms in total. The van der Waals surface area contributed by atoms with Crippen LogP contribution in [-0.4, -0.2) is 56.3 Å². The zero-order chi connectivity index (χ0) is 19.2. The molecule has 1 aliphatic rings. The van der Waals surface area contributed by atoms with Crippen molar-refractivity contribution in [3.05, 3.63) is 53.1 Å². The van der Waals surface area contributed by atoms with Crippen LogP contribution in [0.1, 0.15) is 5.56 Å². The lowest BCUT2D eigenvalue weighted by Crippen LogP contribution is -2.52. The zero-order valence-electron chi connectivity index (χ0n) is 15.7. The predicted octanol–water partition coefficient (Wildman–Crippen LogP) is 2.95. The van der Waals surface area contributed by atoms with Crippen LogP contribution in [0.5, 0.6) is 11.5 Å². The Balaban J connectivity index is 1.59. The largest absolute Gasteiger partial charge is 0.508 e. The van der Waals surface area contributed by atoms with Gasteiger partial charge >= 0.3 is 0 Å². The van der Waals surface area contributed by atoms with E-state index in [0.29, 0.717) is 12.3 Å². The van der Waals surface area contributed by atoms with Crippen molar-refractivity contribution in [1.29, 1.82) is 0 Å². The average Bonchev–Trinajstić information content (AvgIpc) is 2.70. The smallest absolute Gasteiger partial charge is 0.194 e. The summed E-state index contributed by atoms with van der Waals surface area (Å²) in [7, 11) is 3.38. The molecule has 3 rings (SSSR count). The second-order valence-electron chi connectivity index (χ2n) is 6.32. The van der Waals surface area contributed by atoms with E-state index in [0.717, 1.165) is 48.4 Å². The Labute approximate surface area is 165 Å². The predicted molar refractivity (Wildman–Crippen MR) is 110 cm³/mol. The normalized spacial score (nSPS) is 15.0. The molecule has 0 aromatic heterocycles. The molecule has 144 valence electrons. The third kappa shape index (κ3) is 4.57. The highest BCUT2D eigenvalue weighted by atomic mass is 35.5. The summed E-state index contributed by atoms with van der Waals surface area (Å²) in [6.45, 7) is 3.90. The van der Waals surface area contributed by atoms with Gasteiger partial charge < -0.3 is 25.0 Å². The molecule has 1 saturated heterocycles. The fourth-order valence-corrected chi connectivity index (χ4v) is 3.46. The van der Waals surface area contributed by atoms with Crippen LogP contribution in [-0.2, 0) is 6.54 Å². The van der Waals surface area contributed by atoms with Gasteiger partial charge in [-0.15, -0.1) is 0 Å². The number of rotatable bonds is 4. The SMILES string of the molecule is CN=C(NCc1cc(OC)ccc1O)N1CCN(c2ccccc2Cl)CC1. The van der Waals surface area contributed by atoms with Crippen molar-refractivity contribution < 1.29 is 9.84 Å². The van der Waals surface area contributed by atoms with Gasteiger partial charge in [-0.3, -0.25) is 4.99 Å². The van der Waals surface area contributed by atoms with Crippen molar-refractivity contribution in [3.8, 4) is 11.5 Å². The third-order valence-electron chi connectivity index (χ3n) is 4.71. The van der Waals surface area contributed by atoms with Gasteiger partial charge in [0.1, 0.15) is 11.5 Å². The van der Waals surface area contributed by atoms with E-state index >= 15 is 0 Å². The number of hydrogen-bond donors (Lipinski definition) is 2. The first kappa shape index (κ1) is 19.2. The topological polar surface area (TPSA) is 60.3 Å². The monoisotopic (exact) mass is 388 g/mol. The van der Waals surface area contributed by atoms with Gasteiger partial charge in [-0.1, -0.05) is 23.7 Å². The van der Waals surface area contributed by atoms with Crippen LogP contribution < -0.4 is 15.0 Å². The molecule has 0 spiro atoms. The van der Waals surface area contributed by atoms with E-state index in [4.69, 9.17) is 16.3 Å². The Morgan fingerprint density at radius 3 is 2.59 bits per heavy atom. The Morgan fingerprint density at radius 2 is 1.93 bits per heavy atom. The molecule has 1 fully saturated rings. The van der Waals surface area contributed by atoms with Crippen molar-refractivity contribution in [3.63, 3.8) is 0 Å². The molecule has 0 bridgehead atoms. The highest BCUT2D eigenvalue weighted by Gasteiger charge is 2.21. The number of nitrogens with one attached hydrogen (secondary N) is 1. The molecule has 1 heterocycles. The van der Waals surface area contributed by atoms with E-state index in [-0.39, 0.29) is 5.75 Å². The first-order valence-corrected chi connectivity index (χ1v) is 9.31. The van der Waals surface area contributed by atoms with Crippen LogP contribution in [0.15, 0.2) is 47.5 Å². The number of guanidine groups is 1. The summed E-state index contributed by atoms with van der Waals surface area (Å²) in [5.41, 5.74) is 1.84. The third-order valence-corrected chi connectivity index (χ3v) is 5.03. The van der Waals surface area contributed by atoms with Crippen LogP contribution >= 0.6 is 11.6 Å². The number of anilines is 1. The number of methoxy groups -OCH3 is 1. The van der Waals surface area contributed by atoms with Crippen molar-refractivity contribution in [1.82, 2.24) is 10.2 Å². The lowest BCUT2D eigenvalue weighted by molar-refractivity contribution is 0.371. The molecule has 0 unspecified atom stereocenters. The van der Waals surface area contributed by atoms with E-state index in [9.17, 15) is 5.11 Å². The number of benzene rings is 2. The Bertz CT molecular complexity index is 804. The quantitative estimate of drug-likeness (QED) is 0.623. The number of ether oxygens (including phenoxy) is 1. The highest BCUT2D eigenvalue weighted by Crippen LogP contribution is 2.26. The van der Waals surface area contributed by atoms with Crippen molar-refractivity contribution in [2.75, 3.05) is 45.2 Å². The number of hydrogen-bond acceptors (Lipinski definition) is 4. The van der Waals surface area contributed by atoms with E-state index < -0.39 is 0 Å². The van der Waals surface area contributed by atoms with Gasteiger partial charge in [0.05, 0.1) is 17.8 Å². The maximum atomic E-state index is 10.0. The molecule has 0 radical (unpaired) electrons. The summed E-state index contributed by atoms with van der Waals surface area (Å²) >= 11 is 6.32.